The number of halogens is 1. The van der Waals surface area contributed by atoms with Crippen molar-refractivity contribution in [2.24, 2.45) is 0 Å². The lowest BCUT2D eigenvalue weighted by Gasteiger charge is -2.33. The molecule has 0 saturated carbocycles. The van der Waals surface area contributed by atoms with Crippen molar-refractivity contribution in [2.45, 2.75) is 53.2 Å². The van der Waals surface area contributed by atoms with Crippen molar-refractivity contribution < 1.29 is 14.3 Å². The molecule has 3 heterocycles. The molecule has 0 aliphatic carbocycles. The van der Waals surface area contributed by atoms with Crippen LogP contribution in [-0.2, 0) is 14.3 Å². The van der Waals surface area contributed by atoms with Crippen LogP contribution in [-0.4, -0.2) is 63.3 Å². The van der Waals surface area contributed by atoms with E-state index in [-0.39, 0.29) is 18.2 Å². The van der Waals surface area contributed by atoms with E-state index in [0.29, 0.717) is 36.3 Å². The van der Waals surface area contributed by atoms with Gasteiger partial charge in [-0.2, -0.15) is 0 Å². The summed E-state index contributed by atoms with van der Waals surface area (Å²) in [7, 11) is 0. The Hall–Kier alpha value is -3.40. The maximum Gasteiger partial charge on any atom is 0.242 e. The Morgan fingerprint density at radius 2 is 1.88 bits per heavy atom. The molecule has 0 unspecified atom stereocenters. The third kappa shape index (κ3) is 6.12. The third-order valence-corrected chi connectivity index (χ3v) is 8.37. The summed E-state index contributed by atoms with van der Waals surface area (Å²) in [6.07, 6.45) is 0.959. The number of hydrogen-bond donors (Lipinski definition) is 0. The van der Waals surface area contributed by atoms with Gasteiger partial charge in [-0.1, -0.05) is 23.7 Å². The van der Waals surface area contributed by atoms with Crippen LogP contribution >= 0.6 is 22.9 Å². The van der Waals surface area contributed by atoms with Crippen LogP contribution in [0.5, 0.6) is 0 Å². The quantitative estimate of drug-likeness (QED) is 0.242. The van der Waals surface area contributed by atoms with Crippen LogP contribution in [0.4, 0.5) is 5.95 Å². The molecule has 2 aromatic carbocycles. The van der Waals surface area contributed by atoms with Crippen molar-refractivity contribution in [2.75, 3.05) is 31.1 Å². The number of Topliss-reactive ketones (excluding diaryl/α,β-unsaturated/α-hetero) is 1. The number of nitrogens with zero attached hydrogens (tertiary/aromatic N) is 5. The molecule has 0 spiro atoms. The molecule has 4 aromatic rings. The fraction of sp³-hybridized carbons (Fsp3) is 0.387. The number of aromatic nitrogens is 3. The first-order valence-electron chi connectivity index (χ1n) is 13.7. The number of likely N-dealkylation sites (N-methyl/N-ethyl adjacent to an activating group) is 1. The number of rotatable bonds is 7. The van der Waals surface area contributed by atoms with Crippen LogP contribution in [0.3, 0.4) is 0 Å². The van der Waals surface area contributed by atoms with Crippen molar-refractivity contribution in [3.8, 4) is 21.8 Å². The highest BCUT2D eigenvalue weighted by molar-refractivity contribution is 7.22. The molecule has 1 fully saturated rings. The summed E-state index contributed by atoms with van der Waals surface area (Å²) >= 11 is 7.76. The average molecular weight is 592 g/mol. The first-order chi connectivity index (χ1) is 19.4. The van der Waals surface area contributed by atoms with Gasteiger partial charge in [0.15, 0.2) is 5.78 Å². The zero-order valence-corrected chi connectivity index (χ0v) is 25.8. The van der Waals surface area contributed by atoms with Crippen molar-refractivity contribution in [3.63, 3.8) is 0 Å². The highest BCUT2D eigenvalue weighted by Gasteiger charge is 2.31. The lowest BCUT2D eigenvalue weighted by Crippen LogP contribution is -2.50. The van der Waals surface area contributed by atoms with Gasteiger partial charge in [0.1, 0.15) is 16.8 Å². The summed E-state index contributed by atoms with van der Waals surface area (Å²) in [6.45, 7) is 13.7. The second-order valence-electron chi connectivity index (χ2n) is 11.2. The highest BCUT2D eigenvalue weighted by Crippen LogP contribution is 2.44. The summed E-state index contributed by atoms with van der Waals surface area (Å²) in [5, 5.41) is 1.36. The second kappa shape index (κ2) is 11.5. The zero-order valence-electron chi connectivity index (χ0n) is 24.2. The average Bonchev–Trinajstić information content (AvgIpc) is 3.35. The first-order valence-corrected chi connectivity index (χ1v) is 14.9. The number of carbonyl (C=O) groups excluding carboxylic acids is 2. The third-order valence-electron chi connectivity index (χ3n) is 7.01. The Balaban J connectivity index is 1.65. The number of hydrogen-bond acceptors (Lipinski definition) is 8. The minimum Gasteiger partial charge on any atom is -0.360 e. The van der Waals surface area contributed by atoms with E-state index in [1.807, 2.05) is 80.8 Å². The second-order valence-corrected chi connectivity index (χ2v) is 12.6. The van der Waals surface area contributed by atoms with Crippen molar-refractivity contribution in [3.05, 3.63) is 58.7 Å². The van der Waals surface area contributed by atoms with Gasteiger partial charge in [0.25, 0.3) is 0 Å². The molecule has 1 aliphatic rings. The van der Waals surface area contributed by atoms with Crippen LogP contribution in [0, 0.1) is 6.92 Å². The number of carbonyl (C=O) groups is 2. The Kier molecular flexibility index (Phi) is 8.14. The predicted octanol–water partition coefficient (Wildman–Crippen LogP) is 6.50. The minimum atomic E-state index is -0.749. The zero-order chi connectivity index (χ0) is 29.5. The van der Waals surface area contributed by atoms with Crippen molar-refractivity contribution in [1.29, 1.82) is 0 Å². The Morgan fingerprint density at radius 3 is 2.51 bits per heavy atom. The van der Waals surface area contributed by atoms with E-state index >= 15 is 0 Å². The number of thiazole rings is 1. The SMILES string of the molecule is CCN1CCN(c2nccc(-c3nc4cc(C)c([C@H](OC(C)(C)C)C(C)=O)c(-c5ccc(Cl)cc5)c4s3)n2)CC1=O. The summed E-state index contributed by atoms with van der Waals surface area (Å²) < 4.78 is 7.28. The highest BCUT2D eigenvalue weighted by atomic mass is 35.5. The first kappa shape index (κ1) is 29.1. The topological polar surface area (TPSA) is 88.5 Å². The standard InChI is InChI=1S/C31H34ClN5O3S/c1-7-36-14-15-37(17-24(36)39)30-33-13-12-22(35-30)29-34-23-16-18(2)25(27(19(3)38)40-31(4,5)6)26(28(23)41-29)20-8-10-21(32)11-9-20/h8-13,16,27H,7,14-15,17H2,1-6H3/t27-/m1/s1. The van der Waals surface area contributed by atoms with Crippen molar-refractivity contribution in [1.82, 2.24) is 19.9 Å². The number of anilines is 1. The summed E-state index contributed by atoms with van der Waals surface area (Å²) in [5.41, 5.74) is 4.52. The Morgan fingerprint density at radius 1 is 1.15 bits per heavy atom. The monoisotopic (exact) mass is 591 g/mol. The van der Waals surface area contributed by atoms with Crippen LogP contribution in [0.1, 0.15) is 51.8 Å². The van der Waals surface area contributed by atoms with E-state index in [1.165, 1.54) is 11.3 Å². The fourth-order valence-electron chi connectivity index (χ4n) is 5.09. The van der Waals surface area contributed by atoms with Crippen molar-refractivity contribution >= 4 is 50.8 Å². The molecule has 2 aromatic heterocycles. The molecule has 1 aliphatic heterocycles. The Labute approximate surface area is 249 Å². The van der Waals surface area contributed by atoms with Gasteiger partial charge in [0, 0.05) is 42.0 Å². The normalized spacial score (nSPS) is 15.0. The van der Waals surface area contributed by atoms with Gasteiger partial charge in [0.05, 0.1) is 22.4 Å². The number of aryl methyl sites for hydroxylation is 1. The Bertz CT molecular complexity index is 1610. The molecule has 5 rings (SSSR count). The van der Waals surface area contributed by atoms with E-state index < -0.39 is 11.7 Å². The van der Waals surface area contributed by atoms with Gasteiger partial charge in [-0.3, -0.25) is 9.59 Å². The van der Waals surface area contributed by atoms with Crippen LogP contribution in [0.25, 0.3) is 32.0 Å². The van der Waals surface area contributed by atoms with Crippen LogP contribution < -0.4 is 4.90 Å². The number of benzene rings is 2. The van der Waals surface area contributed by atoms with Gasteiger partial charge in [0.2, 0.25) is 11.9 Å². The summed E-state index contributed by atoms with van der Waals surface area (Å²) in [4.78, 5) is 43.5. The van der Waals surface area contributed by atoms with Gasteiger partial charge >= 0.3 is 0 Å². The van der Waals surface area contributed by atoms with E-state index in [9.17, 15) is 9.59 Å². The largest absolute Gasteiger partial charge is 0.360 e. The maximum atomic E-state index is 13.0. The fourth-order valence-corrected chi connectivity index (χ4v) is 6.31. The lowest BCUT2D eigenvalue weighted by molar-refractivity contribution is -0.138. The molecule has 0 bridgehead atoms. The summed E-state index contributed by atoms with van der Waals surface area (Å²) in [6, 6.07) is 11.5. The van der Waals surface area contributed by atoms with Crippen LogP contribution in [0.2, 0.25) is 5.02 Å². The smallest absolute Gasteiger partial charge is 0.242 e. The molecule has 8 nitrogen and oxygen atoms in total. The van der Waals surface area contributed by atoms with E-state index in [4.69, 9.17) is 26.3 Å². The predicted molar refractivity (Wildman–Crippen MR) is 165 cm³/mol. The lowest BCUT2D eigenvalue weighted by atomic mass is 9.90. The number of fused-ring (bicyclic) bond motifs is 1. The number of ether oxygens (including phenoxy) is 1. The molecular formula is C31H34ClN5O3S. The van der Waals surface area contributed by atoms with Crippen LogP contribution in [0.15, 0.2) is 42.6 Å². The molecular weight excluding hydrogens is 558 g/mol. The molecule has 1 atom stereocenters. The maximum absolute atomic E-state index is 13.0. The van der Waals surface area contributed by atoms with Gasteiger partial charge in [-0.05, 0) is 76.9 Å². The van der Waals surface area contributed by atoms with E-state index in [1.54, 1.807) is 13.1 Å². The molecule has 41 heavy (non-hydrogen) atoms. The number of amides is 1. The molecule has 10 heteroatoms. The summed E-state index contributed by atoms with van der Waals surface area (Å²) in [5.74, 6) is 0.511. The molecule has 0 radical (unpaired) electrons. The number of ketones is 1. The number of piperazine rings is 1. The van der Waals surface area contributed by atoms with E-state index in [0.717, 1.165) is 37.5 Å². The van der Waals surface area contributed by atoms with Gasteiger partial charge < -0.3 is 14.5 Å². The minimum absolute atomic E-state index is 0.0690. The van der Waals surface area contributed by atoms with Gasteiger partial charge in [-0.25, -0.2) is 15.0 Å². The molecule has 1 saturated heterocycles. The van der Waals surface area contributed by atoms with E-state index in [2.05, 4.69) is 4.98 Å². The molecule has 214 valence electrons. The molecule has 0 N–H and O–H groups in total. The van der Waals surface area contributed by atoms with Gasteiger partial charge in [-0.15, -0.1) is 11.3 Å². The molecule has 1 amide bonds.